The van der Waals surface area contributed by atoms with Crippen LogP contribution in [0.15, 0.2) is 0 Å². The van der Waals surface area contributed by atoms with Crippen molar-refractivity contribution in [1.29, 1.82) is 0 Å². The molecular weight excluding hydrogens is 206 g/mol. The van der Waals surface area contributed by atoms with Crippen LogP contribution in [0.4, 0.5) is 0 Å². The Morgan fingerprint density at radius 2 is 1.88 bits per heavy atom. The molecule has 1 aliphatic rings. The second-order valence-electron chi connectivity index (χ2n) is 4.74. The van der Waals surface area contributed by atoms with Gasteiger partial charge in [0.1, 0.15) is 0 Å². The van der Waals surface area contributed by atoms with Crippen molar-refractivity contribution in [2.45, 2.75) is 51.5 Å². The number of hydrogen-bond donors (Lipinski definition) is 1. The Bertz CT molecular complexity index is 259. The smallest absolute Gasteiger partial charge is 0.304 e. The molecule has 1 aliphatic carbocycles. The molecule has 1 amide bonds. The average molecular weight is 227 g/mol. The summed E-state index contributed by atoms with van der Waals surface area (Å²) in [4.78, 5) is 24.2. The van der Waals surface area contributed by atoms with Gasteiger partial charge in [0.05, 0.1) is 6.42 Å². The third-order valence-corrected chi connectivity index (χ3v) is 3.37. The first kappa shape index (κ1) is 13.0. The normalized spacial score (nSPS) is 19.1. The second-order valence-corrected chi connectivity index (χ2v) is 4.74. The number of aliphatic carboxylic acids is 1. The summed E-state index contributed by atoms with van der Waals surface area (Å²) in [6.45, 7) is 1.69. The molecule has 0 spiro atoms. The third-order valence-electron chi connectivity index (χ3n) is 3.37. The third kappa shape index (κ3) is 3.51. The summed E-state index contributed by atoms with van der Waals surface area (Å²) in [5, 5.41) is 8.65. The summed E-state index contributed by atoms with van der Waals surface area (Å²) in [5.41, 5.74) is 0. The van der Waals surface area contributed by atoms with E-state index in [9.17, 15) is 9.59 Å². The monoisotopic (exact) mass is 227 g/mol. The van der Waals surface area contributed by atoms with Crippen molar-refractivity contribution in [3.05, 3.63) is 0 Å². The summed E-state index contributed by atoms with van der Waals surface area (Å²) < 4.78 is 0. The number of carbonyl (C=O) groups excluding carboxylic acids is 1. The summed E-state index contributed by atoms with van der Waals surface area (Å²) in [7, 11) is 1.80. The number of rotatable bonds is 4. The Morgan fingerprint density at radius 3 is 2.38 bits per heavy atom. The maximum atomic E-state index is 11.9. The van der Waals surface area contributed by atoms with E-state index in [1.54, 1.807) is 18.9 Å². The van der Waals surface area contributed by atoms with Crippen molar-refractivity contribution in [1.82, 2.24) is 4.90 Å². The van der Waals surface area contributed by atoms with Gasteiger partial charge in [0, 0.05) is 19.0 Å². The minimum absolute atomic E-state index is 0.0331. The minimum Gasteiger partial charge on any atom is -0.481 e. The first-order valence-electron chi connectivity index (χ1n) is 6.01. The van der Waals surface area contributed by atoms with Crippen molar-refractivity contribution in [2.75, 3.05) is 7.05 Å². The summed E-state index contributed by atoms with van der Waals surface area (Å²) >= 11 is 0. The fourth-order valence-corrected chi connectivity index (χ4v) is 2.35. The van der Waals surface area contributed by atoms with Crippen molar-refractivity contribution >= 4 is 11.9 Å². The van der Waals surface area contributed by atoms with E-state index < -0.39 is 11.9 Å². The van der Waals surface area contributed by atoms with E-state index in [0.717, 1.165) is 12.8 Å². The number of amides is 1. The quantitative estimate of drug-likeness (QED) is 0.797. The highest BCUT2D eigenvalue weighted by molar-refractivity contribution is 5.82. The largest absolute Gasteiger partial charge is 0.481 e. The van der Waals surface area contributed by atoms with Crippen LogP contribution >= 0.6 is 0 Å². The lowest BCUT2D eigenvalue weighted by molar-refractivity contribution is -0.144. The molecule has 1 N–H and O–H groups in total. The van der Waals surface area contributed by atoms with Crippen LogP contribution in [0.5, 0.6) is 0 Å². The topological polar surface area (TPSA) is 57.6 Å². The molecule has 0 aromatic carbocycles. The van der Waals surface area contributed by atoms with Gasteiger partial charge in [0.2, 0.25) is 5.91 Å². The Hall–Kier alpha value is -1.06. The summed E-state index contributed by atoms with van der Waals surface area (Å²) in [6.07, 6.45) is 5.65. The van der Waals surface area contributed by atoms with Crippen LogP contribution < -0.4 is 0 Å². The minimum atomic E-state index is -0.905. The highest BCUT2D eigenvalue weighted by Gasteiger charge is 2.26. The van der Waals surface area contributed by atoms with Crippen LogP contribution in [0, 0.1) is 5.92 Å². The van der Waals surface area contributed by atoms with E-state index in [1.165, 1.54) is 19.3 Å². The fraction of sp³-hybridized carbons (Fsp3) is 0.833. The van der Waals surface area contributed by atoms with Crippen LogP contribution in [0.1, 0.15) is 45.4 Å². The van der Waals surface area contributed by atoms with Gasteiger partial charge in [0.25, 0.3) is 0 Å². The molecule has 4 nitrogen and oxygen atoms in total. The predicted molar refractivity (Wildman–Crippen MR) is 61.1 cm³/mol. The lowest BCUT2D eigenvalue weighted by Crippen LogP contribution is -2.41. The highest BCUT2D eigenvalue weighted by Crippen LogP contribution is 2.23. The van der Waals surface area contributed by atoms with Gasteiger partial charge in [0.15, 0.2) is 0 Å². The zero-order valence-electron chi connectivity index (χ0n) is 10.1. The zero-order chi connectivity index (χ0) is 12.1. The SMILES string of the molecule is CC(CC(=O)O)C(=O)N(C)C1CCCCC1. The van der Waals surface area contributed by atoms with Gasteiger partial charge in [-0.1, -0.05) is 26.2 Å². The Labute approximate surface area is 96.6 Å². The van der Waals surface area contributed by atoms with Gasteiger partial charge in [-0.05, 0) is 12.8 Å². The summed E-state index contributed by atoms with van der Waals surface area (Å²) in [5.74, 6) is -1.35. The lowest BCUT2D eigenvalue weighted by atomic mass is 9.93. The van der Waals surface area contributed by atoms with E-state index in [2.05, 4.69) is 0 Å². The van der Waals surface area contributed by atoms with Gasteiger partial charge < -0.3 is 10.0 Å². The van der Waals surface area contributed by atoms with E-state index in [-0.39, 0.29) is 12.3 Å². The molecule has 1 saturated carbocycles. The number of carboxylic acid groups (broad SMARTS) is 1. The van der Waals surface area contributed by atoms with Gasteiger partial charge in [-0.25, -0.2) is 0 Å². The zero-order valence-corrected chi connectivity index (χ0v) is 10.1. The molecule has 92 valence electrons. The molecule has 0 bridgehead atoms. The molecule has 1 atom stereocenters. The number of carbonyl (C=O) groups is 2. The Balaban J connectivity index is 2.48. The van der Waals surface area contributed by atoms with Gasteiger partial charge in [-0.15, -0.1) is 0 Å². The van der Waals surface area contributed by atoms with Gasteiger partial charge in [-0.2, -0.15) is 0 Å². The lowest BCUT2D eigenvalue weighted by Gasteiger charge is -2.32. The molecule has 1 unspecified atom stereocenters. The second kappa shape index (κ2) is 5.87. The van der Waals surface area contributed by atoms with E-state index in [1.807, 2.05) is 0 Å². The highest BCUT2D eigenvalue weighted by atomic mass is 16.4. The number of hydrogen-bond acceptors (Lipinski definition) is 2. The van der Waals surface area contributed by atoms with Crippen LogP contribution in [0.3, 0.4) is 0 Å². The summed E-state index contributed by atoms with van der Waals surface area (Å²) in [6, 6.07) is 0.317. The first-order valence-corrected chi connectivity index (χ1v) is 6.01. The first-order chi connectivity index (χ1) is 7.52. The molecule has 0 radical (unpaired) electrons. The maximum absolute atomic E-state index is 11.9. The van der Waals surface area contributed by atoms with Gasteiger partial charge >= 0.3 is 5.97 Å². The molecule has 0 aromatic heterocycles. The van der Waals surface area contributed by atoms with Crippen LogP contribution in [-0.4, -0.2) is 35.0 Å². The molecule has 0 aromatic rings. The number of nitrogens with zero attached hydrogens (tertiary/aromatic N) is 1. The molecule has 0 saturated heterocycles. The number of carboxylic acids is 1. The molecular formula is C12H21NO3. The molecule has 1 rings (SSSR count). The molecule has 1 fully saturated rings. The van der Waals surface area contributed by atoms with Crippen LogP contribution in [0.25, 0.3) is 0 Å². The predicted octanol–water partition coefficient (Wildman–Crippen LogP) is 1.89. The van der Waals surface area contributed by atoms with Crippen molar-refractivity contribution < 1.29 is 14.7 Å². The van der Waals surface area contributed by atoms with Crippen molar-refractivity contribution in [3.63, 3.8) is 0 Å². The average Bonchev–Trinajstić information content (AvgIpc) is 2.27. The van der Waals surface area contributed by atoms with E-state index in [4.69, 9.17) is 5.11 Å². The van der Waals surface area contributed by atoms with Crippen LogP contribution in [0.2, 0.25) is 0 Å². The van der Waals surface area contributed by atoms with Crippen molar-refractivity contribution in [2.24, 2.45) is 5.92 Å². The van der Waals surface area contributed by atoms with Crippen LogP contribution in [-0.2, 0) is 9.59 Å². The maximum Gasteiger partial charge on any atom is 0.304 e. The van der Waals surface area contributed by atoms with E-state index in [0.29, 0.717) is 6.04 Å². The molecule has 4 heteroatoms. The van der Waals surface area contributed by atoms with E-state index >= 15 is 0 Å². The molecule has 16 heavy (non-hydrogen) atoms. The molecule has 0 aliphatic heterocycles. The molecule has 0 heterocycles. The Kier molecular flexibility index (Phi) is 4.77. The fourth-order valence-electron chi connectivity index (χ4n) is 2.35. The Morgan fingerprint density at radius 1 is 1.31 bits per heavy atom. The van der Waals surface area contributed by atoms with Crippen molar-refractivity contribution in [3.8, 4) is 0 Å². The van der Waals surface area contributed by atoms with Gasteiger partial charge in [-0.3, -0.25) is 9.59 Å². The standard InChI is InChI=1S/C12H21NO3/c1-9(8-11(14)15)12(16)13(2)10-6-4-3-5-7-10/h9-10H,3-8H2,1-2H3,(H,14,15).